The molecule has 0 aromatic heterocycles. The lowest BCUT2D eigenvalue weighted by atomic mass is 10.1. The fraction of sp³-hybridized carbons (Fsp3) is 0.0714. The van der Waals surface area contributed by atoms with Crippen LogP contribution in [0.3, 0.4) is 0 Å². The van der Waals surface area contributed by atoms with Crippen LogP contribution in [0.5, 0.6) is 0 Å². The maximum Gasteiger partial charge on any atom is 0.128 e. The highest BCUT2D eigenvalue weighted by molar-refractivity contribution is 5.63. The predicted octanol–water partition coefficient (Wildman–Crippen LogP) is 3.75. The molecular weight excluding hydrogens is 215 g/mol. The molecule has 0 unspecified atom stereocenters. The van der Waals surface area contributed by atoms with Gasteiger partial charge in [0.1, 0.15) is 5.82 Å². The minimum atomic E-state index is -0.233. The van der Waals surface area contributed by atoms with Crippen LogP contribution in [0.2, 0.25) is 0 Å². The number of rotatable bonds is 2. The highest BCUT2D eigenvalue weighted by atomic mass is 19.1. The SMILES string of the molecule is Cc1c(F)cccc1Nc1ccc(C#N)cc1. The van der Waals surface area contributed by atoms with Gasteiger partial charge in [-0.05, 0) is 43.3 Å². The number of nitrogens with zero attached hydrogens (tertiary/aromatic N) is 1. The second-order valence-corrected chi connectivity index (χ2v) is 3.73. The minimum Gasteiger partial charge on any atom is -0.355 e. The Morgan fingerprint density at radius 3 is 2.47 bits per heavy atom. The summed E-state index contributed by atoms with van der Waals surface area (Å²) in [5.41, 5.74) is 2.75. The van der Waals surface area contributed by atoms with Gasteiger partial charge in [-0.2, -0.15) is 5.26 Å². The van der Waals surface area contributed by atoms with E-state index in [2.05, 4.69) is 11.4 Å². The summed E-state index contributed by atoms with van der Waals surface area (Å²) in [7, 11) is 0. The van der Waals surface area contributed by atoms with Crippen LogP contribution in [0.25, 0.3) is 0 Å². The van der Waals surface area contributed by atoms with Gasteiger partial charge in [-0.1, -0.05) is 6.07 Å². The summed E-state index contributed by atoms with van der Waals surface area (Å²) < 4.78 is 13.3. The summed E-state index contributed by atoms with van der Waals surface area (Å²) in [4.78, 5) is 0. The van der Waals surface area contributed by atoms with Crippen LogP contribution in [0, 0.1) is 24.1 Å². The average Bonchev–Trinajstić information content (AvgIpc) is 2.36. The summed E-state index contributed by atoms with van der Waals surface area (Å²) in [6.45, 7) is 1.72. The molecule has 0 radical (unpaired) electrons. The number of nitriles is 1. The van der Waals surface area contributed by atoms with Gasteiger partial charge < -0.3 is 5.32 Å². The number of hydrogen-bond donors (Lipinski definition) is 1. The Morgan fingerprint density at radius 1 is 1.12 bits per heavy atom. The fourth-order valence-electron chi connectivity index (χ4n) is 1.53. The Labute approximate surface area is 99.3 Å². The van der Waals surface area contributed by atoms with Gasteiger partial charge >= 0.3 is 0 Å². The molecule has 0 heterocycles. The maximum absolute atomic E-state index is 13.3. The first-order valence-electron chi connectivity index (χ1n) is 5.23. The van der Waals surface area contributed by atoms with Gasteiger partial charge in [0.2, 0.25) is 0 Å². The molecule has 2 nitrogen and oxygen atoms in total. The molecule has 0 atom stereocenters. The van der Waals surface area contributed by atoms with Crippen molar-refractivity contribution in [2.24, 2.45) is 0 Å². The number of nitrogens with one attached hydrogen (secondary N) is 1. The second-order valence-electron chi connectivity index (χ2n) is 3.73. The molecule has 2 aromatic carbocycles. The Kier molecular flexibility index (Phi) is 3.06. The van der Waals surface area contributed by atoms with Gasteiger partial charge in [-0.25, -0.2) is 4.39 Å². The van der Waals surface area contributed by atoms with Crippen LogP contribution in [0.4, 0.5) is 15.8 Å². The zero-order valence-electron chi connectivity index (χ0n) is 9.37. The summed E-state index contributed by atoms with van der Waals surface area (Å²) in [6.07, 6.45) is 0. The Morgan fingerprint density at radius 2 is 1.82 bits per heavy atom. The standard InChI is InChI=1S/C14H11FN2/c1-10-13(15)3-2-4-14(10)17-12-7-5-11(9-16)6-8-12/h2-8,17H,1H3. The smallest absolute Gasteiger partial charge is 0.128 e. The van der Waals surface area contributed by atoms with E-state index in [0.29, 0.717) is 11.1 Å². The van der Waals surface area contributed by atoms with Crippen LogP contribution < -0.4 is 5.32 Å². The zero-order chi connectivity index (χ0) is 12.3. The molecule has 84 valence electrons. The van der Waals surface area contributed by atoms with Crippen molar-refractivity contribution in [1.82, 2.24) is 0 Å². The van der Waals surface area contributed by atoms with E-state index in [1.165, 1.54) is 6.07 Å². The van der Waals surface area contributed by atoms with Gasteiger partial charge in [0, 0.05) is 16.9 Å². The molecule has 0 aliphatic heterocycles. The summed E-state index contributed by atoms with van der Waals surface area (Å²) in [6, 6.07) is 14.0. The molecule has 2 rings (SSSR count). The third kappa shape index (κ3) is 2.43. The topological polar surface area (TPSA) is 35.8 Å². The highest BCUT2D eigenvalue weighted by Gasteiger charge is 2.03. The Bertz CT molecular complexity index is 568. The van der Waals surface area contributed by atoms with Gasteiger partial charge in [0.25, 0.3) is 0 Å². The lowest BCUT2D eigenvalue weighted by Gasteiger charge is -2.09. The van der Waals surface area contributed by atoms with E-state index in [9.17, 15) is 4.39 Å². The third-order valence-electron chi connectivity index (χ3n) is 2.56. The fourth-order valence-corrected chi connectivity index (χ4v) is 1.53. The minimum absolute atomic E-state index is 0.233. The monoisotopic (exact) mass is 226 g/mol. The lowest BCUT2D eigenvalue weighted by Crippen LogP contribution is -1.95. The van der Waals surface area contributed by atoms with E-state index in [1.54, 1.807) is 37.3 Å². The molecule has 0 saturated heterocycles. The van der Waals surface area contributed by atoms with Gasteiger partial charge in [-0.3, -0.25) is 0 Å². The van der Waals surface area contributed by atoms with Crippen molar-refractivity contribution in [2.75, 3.05) is 5.32 Å². The molecular formula is C14H11FN2. The first-order valence-corrected chi connectivity index (χ1v) is 5.23. The van der Waals surface area contributed by atoms with E-state index < -0.39 is 0 Å². The molecule has 0 spiro atoms. The molecule has 0 aliphatic rings. The molecule has 0 fully saturated rings. The first kappa shape index (κ1) is 11.2. The molecule has 0 aliphatic carbocycles. The van der Waals surface area contributed by atoms with Crippen molar-refractivity contribution in [3.63, 3.8) is 0 Å². The van der Waals surface area contributed by atoms with Crippen molar-refractivity contribution in [2.45, 2.75) is 6.92 Å². The van der Waals surface area contributed by atoms with Crippen molar-refractivity contribution in [3.8, 4) is 6.07 Å². The van der Waals surface area contributed by atoms with E-state index in [1.807, 2.05) is 6.07 Å². The molecule has 17 heavy (non-hydrogen) atoms. The normalized spacial score (nSPS) is 9.71. The molecule has 0 bridgehead atoms. The summed E-state index contributed by atoms with van der Waals surface area (Å²) >= 11 is 0. The van der Waals surface area contributed by atoms with Crippen LogP contribution >= 0.6 is 0 Å². The van der Waals surface area contributed by atoms with Crippen molar-refractivity contribution in [3.05, 3.63) is 59.4 Å². The summed E-state index contributed by atoms with van der Waals surface area (Å²) in [5.74, 6) is -0.233. The van der Waals surface area contributed by atoms with Crippen LogP contribution in [-0.4, -0.2) is 0 Å². The molecule has 2 aromatic rings. The molecule has 1 N–H and O–H groups in total. The van der Waals surface area contributed by atoms with Crippen molar-refractivity contribution in [1.29, 1.82) is 5.26 Å². The van der Waals surface area contributed by atoms with E-state index in [4.69, 9.17) is 5.26 Å². The Balaban J connectivity index is 2.26. The Hall–Kier alpha value is -2.34. The van der Waals surface area contributed by atoms with E-state index in [0.717, 1.165) is 11.4 Å². The van der Waals surface area contributed by atoms with Crippen LogP contribution in [-0.2, 0) is 0 Å². The first-order chi connectivity index (χ1) is 8.20. The zero-order valence-corrected chi connectivity index (χ0v) is 9.37. The van der Waals surface area contributed by atoms with Crippen LogP contribution in [0.1, 0.15) is 11.1 Å². The maximum atomic E-state index is 13.3. The molecule has 0 saturated carbocycles. The average molecular weight is 226 g/mol. The van der Waals surface area contributed by atoms with Gasteiger partial charge in [-0.15, -0.1) is 0 Å². The number of halogens is 1. The van der Waals surface area contributed by atoms with Crippen molar-refractivity contribution < 1.29 is 4.39 Å². The van der Waals surface area contributed by atoms with E-state index >= 15 is 0 Å². The van der Waals surface area contributed by atoms with Gasteiger partial charge in [0.05, 0.1) is 11.6 Å². The summed E-state index contributed by atoms with van der Waals surface area (Å²) in [5, 5.41) is 11.8. The van der Waals surface area contributed by atoms with E-state index in [-0.39, 0.29) is 5.82 Å². The van der Waals surface area contributed by atoms with Crippen LogP contribution in [0.15, 0.2) is 42.5 Å². The number of anilines is 2. The second kappa shape index (κ2) is 4.67. The number of hydrogen-bond acceptors (Lipinski definition) is 2. The van der Waals surface area contributed by atoms with Crippen molar-refractivity contribution >= 4 is 11.4 Å². The largest absolute Gasteiger partial charge is 0.355 e. The molecule has 3 heteroatoms. The third-order valence-corrected chi connectivity index (χ3v) is 2.56. The highest BCUT2D eigenvalue weighted by Crippen LogP contribution is 2.22. The molecule has 0 amide bonds. The van der Waals surface area contributed by atoms with Gasteiger partial charge in [0.15, 0.2) is 0 Å². The number of benzene rings is 2. The lowest BCUT2D eigenvalue weighted by molar-refractivity contribution is 0.619. The quantitative estimate of drug-likeness (QED) is 0.846. The predicted molar refractivity (Wildman–Crippen MR) is 65.6 cm³/mol.